The molecule has 0 saturated heterocycles. The Balaban J connectivity index is 1.57. The minimum atomic E-state index is -0.682. The van der Waals surface area contributed by atoms with Crippen molar-refractivity contribution < 1.29 is 14.0 Å². The predicted molar refractivity (Wildman–Crippen MR) is 108 cm³/mol. The van der Waals surface area contributed by atoms with Gasteiger partial charge in [0.05, 0.1) is 30.3 Å². The minimum absolute atomic E-state index is 0.0483. The number of nitrogens with one attached hydrogen (secondary N) is 1. The second-order valence-corrected chi connectivity index (χ2v) is 6.90. The average molecular weight is 386 g/mol. The second-order valence-electron chi connectivity index (χ2n) is 6.90. The Morgan fingerprint density at radius 2 is 1.86 bits per heavy atom. The van der Waals surface area contributed by atoms with Gasteiger partial charge in [-0.15, -0.1) is 0 Å². The third-order valence-electron chi connectivity index (χ3n) is 5.04. The van der Waals surface area contributed by atoms with Crippen LogP contribution >= 0.6 is 0 Å². The molecule has 0 saturated carbocycles. The summed E-state index contributed by atoms with van der Waals surface area (Å²) in [6, 6.07) is 19.7. The van der Waals surface area contributed by atoms with Gasteiger partial charge in [-0.2, -0.15) is 0 Å². The maximum Gasteiger partial charge on any atom is 0.248 e. The van der Waals surface area contributed by atoms with Crippen molar-refractivity contribution in [2.45, 2.75) is 19.0 Å². The fourth-order valence-electron chi connectivity index (χ4n) is 3.68. The summed E-state index contributed by atoms with van der Waals surface area (Å²) in [6.07, 6.45) is 1.62. The molecule has 7 heteroatoms. The first-order chi connectivity index (χ1) is 14.2. The minimum Gasteiger partial charge on any atom is -0.467 e. The smallest absolute Gasteiger partial charge is 0.248 e. The van der Waals surface area contributed by atoms with Crippen molar-refractivity contribution in [1.29, 1.82) is 0 Å². The number of imidazole rings is 1. The number of aromatic nitrogens is 2. The third kappa shape index (κ3) is 3.06. The van der Waals surface area contributed by atoms with E-state index in [2.05, 4.69) is 10.3 Å². The number of hydrogen-bond acceptors (Lipinski definition) is 4. The molecule has 3 heterocycles. The molecule has 0 aliphatic carbocycles. The van der Waals surface area contributed by atoms with Crippen LogP contribution in [0, 0.1) is 0 Å². The number of para-hydroxylation sites is 3. The molecule has 1 aliphatic rings. The first kappa shape index (κ1) is 17.2. The molecule has 29 heavy (non-hydrogen) atoms. The topological polar surface area (TPSA) is 80.4 Å². The standard InChI is InChI=1S/C22H18N4O3/c27-20-13-19(21(28)23-15-7-2-1-3-8-15)26-18-11-5-4-10-17(18)24-22(26)25(20)14-16-9-6-12-29-16/h1-12,19H,13-14H2,(H,23,28)/t19-/m1/s1. The van der Waals surface area contributed by atoms with Crippen LogP contribution in [0.15, 0.2) is 77.4 Å². The maximum absolute atomic E-state index is 13.1. The normalized spacial score (nSPS) is 16.1. The van der Waals surface area contributed by atoms with E-state index in [9.17, 15) is 9.59 Å². The maximum atomic E-state index is 13.1. The van der Waals surface area contributed by atoms with Gasteiger partial charge in [0, 0.05) is 5.69 Å². The van der Waals surface area contributed by atoms with Crippen LogP contribution in [0.1, 0.15) is 18.2 Å². The largest absolute Gasteiger partial charge is 0.467 e. The molecule has 0 fully saturated rings. The Hall–Kier alpha value is -3.87. The highest BCUT2D eigenvalue weighted by Gasteiger charge is 2.38. The van der Waals surface area contributed by atoms with Gasteiger partial charge in [-0.1, -0.05) is 30.3 Å². The van der Waals surface area contributed by atoms with Crippen molar-refractivity contribution in [3.05, 3.63) is 78.8 Å². The van der Waals surface area contributed by atoms with E-state index in [0.717, 1.165) is 11.0 Å². The number of hydrogen-bond donors (Lipinski definition) is 1. The van der Waals surface area contributed by atoms with Crippen LogP contribution < -0.4 is 10.2 Å². The number of fused-ring (bicyclic) bond motifs is 3. The SMILES string of the molecule is O=C(Nc1ccccc1)[C@H]1CC(=O)N(Cc2ccco2)c2nc3ccccc3n21. The van der Waals surface area contributed by atoms with Crippen LogP contribution in [0.3, 0.4) is 0 Å². The van der Waals surface area contributed by atoms with Gasteiger partial charge in [0.1, 0.15) is 11.8 Å². The summed E-state index contributed by atoms with van der Waals surface area (Å²) in [6.45, 7) is 0.266. The molecule has 2 aromatic carbocycles. The van der Waals surface area contributed by atoms with Gasteiger partial charge in [-0.3, -0.25) is 19.1 Å². The molecule has 144 valence electrons. The van der Waals surface area contributed by atoms with E-state index in [4.69, 9.17) is 4.42 Å². The Morgan fingerprint density at radius 1 is 1.07 bits per heavy atom. The first-order valence-electron chi connectivity index (χ1n) is 9.36. The molecule has 7 nitrogen and oxygen atoms in total. The molecule has 1 atom stereocenters. The lowest BCUT2D eigenvalue weighted by atomic mass is 10.1. The fourth-order valence-corrected chi connectivity index (χ4v) is 3.68. The van der Waals surface area contributed by atoms with E-state index in [0.29, 0.717) is 17.4 Å². The second kappa shape index (κ2) is 6.94. The van der Waals surface area contributed by atoms with E-state index in [1.807, 2.05) is 65.2 Å². The first-order valence-corrected chi connectivity index (χ1v) is 9.36. The van der Waals surface area contributed by atoms with Crippen LogP contribution in [-0.4, -0.2) is 21.4 Å². The summed E-state index contributed by atoms with van der Waals surface area (Å²) in [5.74, 6) is 0.695. The van der Waals surface area contributed by atoms with Crippen molar-refractivity contribution in [1.82, 2.24) is 9.55 Å². The average Bonchev–Trinajstić information content (AvgIpc) is 3.38. The Bertz CT molecular complexity index is 1180. The monoisotopic (exact) mass is 386 g/mol. The Labute approximate surface area is 166 Å². The molecule has 0 radical (unpaired) electrons. The van der Waals surface area contributed by atoms with E-state index < -0.39 is 6.04 Å². The molecule has 4 aromatic rings. The molecule has 1 aliphatic heterocycles. The summed E-state index contributed by atoms with van der Waals surface area (Å²) in [5, 5.41) is 2.91. The lowest BCUT2D eigenvalue weighted by Gasteiger charge is -2.32. The number of carbonyl (C=O) groups is 2. The van der Waals surface area contributed by atoms with Gasteiger partial charge in [-0.05, 0) is 36.4 Å². The molecular formula is C22H18N4O3. The number of amides is 2. The van der Waals surface area contributed by atoms with Crippen molar-refractivity contribution in [3.8, 4) is 0 Å². The zero-order valence-electron chi connectivity index (χ0n) is 15.5. The zero-order valence-corrected chi connectivity index (χ0v) is 15.5. The Morgan fingerprint density at radius 3 is 2.66 bits per heavy atom. The molecular weight excluding hydrogens is 368 g/mol. The van der Waals surface area contributed by atoms with Crippen molar-refractivity contribution >= 4 is 34.5 Å². The van der Waals surface area contributed by atoms with Gasteiger partial charge >= 0.3 is 0 Å². The molecule has 0 unspecified atom stereocenters. The fraction of sp³-hybridized carbons (Fsp3) is 0.136. The summed E-state index contributed by atoms with van der Waals surface area (Å²) in [5.41, 5.74) is 2.24. The molecule has 1 N–H and O–H groups in total. The number of furan rings is 1. The van der Waals surface area contributed by atoms with Crippen LogP contribution in [0.4, 0.5) is 11.6 Å². The molecule has 2 aromatic heterocycles. The van der Waals surface area contributed by atoms with Crippen LogP contribution in [-0.2, 0) is 16.1 Å². The number of benzene rings is 2. The summed E-state index contributed by atoms with van der Waals surface area (Å²) in [7, 11) is 0. The van der Waals surface area contributed by atoms with Crippen molar-refractivity contribution in [3.63, 3.8) is 0 Å². The highest BCUT2D eigenvalue weighted by atomic mass is 16.3. The summed E-state index contributed by atoms with van der Waals surface area (Å²) in [4.78, 5) is 32.3. The predicted octanol–water partition coefficient (Wildman–Crippen LogP) is 3.75. The number of anilines is 2. The van der Waals surface area contributed by atoms with Crippen LogP contribution in [0.5, 0.6) is 0 Å². The molecule has 0 spiro atoms. The van der Waals surface area contributed by atoms with Gasteiger partial charge in [0.2, 0.25) is 17.8 Å². The van der Waals surface area contributed by atoms with E-state index in [1.165, 1.54) is 0 Å². The van der Waals surface area contributed by atoms with E-state index >= 15 is 0 Å². The summed E-state index contributed by atoms with van der Waals surface area (Å²) < 4.78 is 7.26. The summed E-state index contributed by atoms with van der Waals surface area (Å²) >= 11 is 0. The van der Waals surface area contributed by atoms with Crippen LogP contribution in [0.2, 0.25) is 0 Å². The van der Waals surface area contributed by atoms with Crippen molar-refractivity contribution in [2.24, 2.45) is 0 Å². The molecule has 5 rings (SSSR count). The van der Waals surface area contributed by atoms with Gasteiger partial charge in [-0.25, -0.2) is 4.98 Å². The van der Waals surface area contributed by atoms with Gasteiger partial charge in [0.15, 0.2) is 0 Å². The van der Waals surface area contributed by atoms with E-state index in [1.54, 1.807) is 17.2 Å². The number of rotatable bonds is 4. The van der Waals surface area contributed by atoms with E-state index in [-0.39, 0.29) is 24.8 Å². The molecule has 2 amide bonds. The Kier molecular flexibility index (Phi) is 4.13. The quantitative estimate of drug-likeness (QED) is 0.579. The highest BCUT2D eigenvalue weighted by molar-refractivity contribution is 6.03. The van der Waals surface area contributed by atoms with Crippen LogP contribution in [0.25, 0.3) is 11.0 Å². The van der Waals surface area contributed by atoms with Gasteiger partial charge < -0.3 is 9.73 Å². The van der Waals surface area contributed by atoms with Crippen molar-refractivity contribution in [2.75, 3.05) is 10.2 Å². The lowest BCUT2D eigenvalue weighted by Crippen LogP contribution is -2.42. The number of nitrogens with zero attached hydrogens (tertiary/aromatic N) is 3. The zero-order chi connectivity index (χ0) is 19.8. The van der Waals surface area contributed by atoms with Gasteiger partial charge in [0.25, 0.3) is 0 Å². The highest BCUT2D eigenvalue weighted by Crippen LogP contribution is 2.35. The third-order valence-corrected chi connectivity index (χ3v) is 5.04. The molecule has 0 bridgehead atoms. The number of carbonyl (C=O) groups excluding carboxylic acids is 2. The lowest BCUT2D eigenvalue weighted by molar-refractivity contribution is -0.126.